The van der Waals surface area contributed by atoms with Gasteiger partial charge in [-0.05, 0) is 67.5 Å². The normalized spacial score (nSPS) is 27.6. The van der Waals surface area contributed by atoms with Gasteiger partial charge in [-0.25, -0.2) is 0 Å². The molecule has 0 radical (unpaired) electrons. The van der Waals surface area contributed by atoms with E-state index >= 15 is 0 Å². The first kappa shape index (κ1) is 19.4. The number of unbranched alkanes of at least 4 members (excludes halogenated alkanes) is 1. The van der Waals surface area contributed by atoms with Gasteiger partial charge in [-0.15, -0.1) is 6.58 Å². The molecule has 4 nitrogen and oxygen atoms in total. The molecule has 0 aliphatic carbocycles. The molecule has 2 aromatic rings. The molecule has 1 aromatic carbocycles. The lowest BCUT2D eigenvalue weighted by molar-refractivity contribution is -0.0752. The van der Waals surface area contributed by atoms with Crippen molar-refractivity contribution in [2.75, 3.05) is 26.8 Å². The zero-order valence-electron chi connectivity index (χ0n) is 17.1. The van der Waals surface area contributed by atoms with Crippen LogP contribution in [-0.2, 0) is 4.74 Å². The lowest BCUT2D eigenvalue weighted by Crippen LogP contribution is -2.55. The second-order valence-electron chi connectivity index (χ2n) is 8.17. The number of benzene rings is 1. The minimum Gasteiger partial charge on any atom is -0.497 e. The first-order chi connectivity index (χ1) is 13.7. The van der Waals surface area contributed by atoms with Gasteiger partial charge in [0.05, 0.1) is 18.7 Å². The van der Waals surface area contributed by atoms with Crippen LogP contribution in [0.2, 0.25) is 0 Å². The Bertz CT molecular complexity index is 821. The topological polar surface area (TPSA) is 34.6 Å². The highest BCUT2D eigenvalue weighted by molar-refractivity contribution is 5.84. The average molecular weight is 381 g/mol. The van der Waals surface area contributed by atoms with Gasteiger partial charge in [-0.1, -0.05) is 19.4 Å². The van der Waals surface area contributed by atoms with Crippen molar-refractivity contribution in [3.05, 3.63) is 48.7 Å². The highest BCUT2D eigenvalue weighted by atomic mass is 16.5. The number of fused-ring (bicyclic) bond motifs is 4. The quantitative estimate of drug-likeness (QED) is 0.477. The van der Waals surface area contributed by atoms with Crippen molar-refractivity contribution in [3.63, 3.8) is 0 Å². The smallest absolute Gasteiger partial charge is 0.119 e. The van der Waals surface area contributed by atoms with Crippen LogP contribution in [0.3, 0.4) is 0 Å². The molecule has 0 N–H and O–H groups in total. The molecule has 2 bridgehead atoms. The fourth-order valence-corrected chi connectivity index (χ4v) is 4.98. The molecular formula is C24H32N2O2. The molecule has 4 heteroatoms. The zero-order valence-corrected chi connectivity index (χ0v) is 17.1. The number of rotatable bonds is 8. The summed E-state index contributed by atoms with van der Waals surface area (Å²) >= 11 is 0. The summed E-state index contributed by atoms with van der Waals surface area (Å²) in [6.07, 6.45) is 8.84. The Balaban J connectivity index is 1.71. The number of hydrogen-bond donors (Lipinski definition) is 0. The number of methoxy groups -OCH3 is 1. The zero-order chi connectivity index (χ0) is 19.5. The third-order valence-electron chi connectivity index (χ3n) is 6.59. The molecule has 3 aliphatic heterocycles. The van der Waals surface area contributed by atoms with E-state index in [-0.39, 0.29) is 6.10 Å². The minimum absolute atomic E-state index is 0.0673. The predicted octanol–water partition coefficient (Wildman–Crippen LogP) is 5.00. The van der Waals surface area contributed by atoms with Crippen LogP contribution in [0, 0.1) is 11.8 Å². The Labute approximate surface area is 168 Å². The summed E-state index contributed by atoms with van der Waals surface area (Å²) in [4.78, 5) is 7.21. The SMILES string of the molecule is C=C[C@H]1CN2CC[C@H]1C[C@H]2[C@H](OCCCC)c1ccnc2ccc(OC)cc12. The maximum atomic E-state index is 6.58. The van der Waals surface area contributed by atoms with E-state index in [9.17, 15) is 0 Å². The molecule has 3 saturated heterocycles. The Morgan fingerprint density at radius 3 is 2.96 bits per heavy atom. The Hall–Kier alpha value is -1.91. The van der Waals surface area contributed by atoms with Crippen LogP contribution in [0.4, 0.5) is 0 Å². The molecule has 4 heterocycles. The minimum atomic E-state index is 0.0673. The highest BCUT2D eigenvalue weighted by Crippen LogP contribution is 2.43. The van der Waals surface area contributed by atoms with E-state index in [1.54, 1.807) is 7.11 Å². The summed E-state index contributed by atoms with van der Waals surface area (Å²) in [5, 5.41) is 1.14. The van der Waals surface area contributed by atoms with E-state index in [0.29, 0.717) is 12.0 Å². The van der Waals surface area contributed by atoms with Gasteiger partial charge >= 0.3 is 0 Å². The van der Waals surface area contributed by atoms with Crippen LogP contribution in [0.15, 0.2) is 43.1 Å². The van der Waals surface area contributed by atoms with Crippen LogP contribution >= 0.6 is 0 Å². The number of hydrogen-bond acceptors (Lipinski definition) is 4. The predicted molar refractivity (Wildman–Crippen MR) is 114 cm³/mol. The molecular weight excluding hydrogens is 348 g/mol. The monoisotopic (exact) mass is 380 g/mol. The summed E-state index contributed by atoms with van der Waals surface area (Å²) in [7, 11) is 1.72. The highest BCUT2D eigenvalue weighted by Gasteiger charge is 2.43. The molecule has 0 spiro atoms. The second-order valence-corrected chi connectivity index (χ2v) is 8.17. The van der Waals surface area contributed by atoms with Crippen molar-refractivity contribution in [3.8, 4) is 5.75 Å². The van der Waals surface area contributed by atoms with Crippen LogP contribution in [-0.4, -0.2) is 42.7 Å². The van der Waals surface area contributed by atoms with Gasteiger partial charge in [0.1, 0.15) is 5.75 Å². The van der Waals surface area contributed by atoms with E-state index in [1.807, 2.05) is 18.3 Å². The maximum absolute atomic E-state index is 6.58. The van der Waals surface area contributed by atoms with Crippen molar-refractivity contribution in [1.82, 2.24) is 9.88 Å². The molecule has 0 amide bonds. The van der Waals surface area contributed by atoms with Crippen molar-refractivity contribution < 1.29 is 9.47 Å². The van der Waals surface area contributed by atoms with E-state index in [2.05, 4.69) is 41.6 Å². The summed E-state index contributed by atoms with van der Waals surface area (Å²) in [5.41, 5.74) is 2.25. The lowest BCUT2D eigenvalue weighted by atomic mass is 9.73. The summed E-state index contributed by atoms with van der Waals surface area (Å²) in [6.45, 7) is 9.36. The van der Waals surface area contributed by atoms with Gasteiger partial charge in [-0.2, -0.15) is 0 Å². The standard InChI is InChI=1S/C24H32N2O2/c1-4-6-13-28-24(23-14-18-10-12-26(23)16-17(18)5-2)20-9-11-25-22-8-7-19(27-3)15-21(20)22/h5,7-9,11,15,17-18,23-24H,2,4,6,10,12-14,16H2,1,3H3/t17-,18-,23-,24+/m0/s1. The van der Waals surface area contributed by atoms with Gasteiger partial charge in [0.2, 0.25) is 0 Å². The average Bonchev–Trinajstić information content (AvgIpc) is 2.76. The number of aromatic nitrogens is 1. The van der Waals surface area contributed by atoms with E-state index in [0.717, 1.165) is 48.6 Å². The first-order valence-electron chi connectivity index (χ1n) is 10.7. The van der Waals surface area contributed by atoms with Crippen molar-refractivity contribution in [1.29, 1.82) is 0 Å². The first-order valence-corrected chi connectivity index (χ1v) is 10.7. The number of pyridine rings is 1. The summed E-state index contributed by atoms with van der Waals surface area (Å²) in [6, 6.07) is 8.70. The molecule has 3 aliphatic rings. The van der Waals surface area contributed by atoms with Gasteiger partial charge in [-0.3, -0.25) is 9.88 Å². The third-order valence-corrected chi connectivity index (χ3v) is 6.59. The van der Waals surface area contributed by atoms with Crippen molar-refractivity contribution in [2.45, 2.75) is 44.8 Å². The molecule has 1 unspecified atom stereocenters. The molecule has 3 fully saturated rings. The molecule has 0 saturated carbocycles. The molecule has 1 aromatic heterocycles. The van der Waals surface area contributed by atoms with E-state index < -0.39 is 0 Å². The Kier molecular flexibility index (Phi) is 5.98. The largest absolute Gasteiger partial charge is 0.497 e. The van der Waals surface area contributed by atoms with Gasteiger partial charge in [0.15, 0.2) is 0 Å². The van der Waals surface area contributed by atoms with Crippen LogP contribution in [0.1, 0.15) is 44.3 Å². The summed E-state index contributed by atoms with van der Waals surface area (Å²) in [5.74, 6) is 2.22. The third kappa shape index (κ3) is 3.68. The molecule has 5 atom stereocenters. The van der Waals surface area contributed by atoms with Crippen molar-refractivity contribution in [2.24, 2.45) is 11.8 Å². The van der Waals surface area contributed by atoms with Crippen molar-refractivity contribution >= 4 is 10.9 Å². The van der Waals surface area contributed by atoms with Gasteiger partial charge in [0.25, 0.3) is 0 Å². The maximum Gasteiger partial charge on any atom is 0.119 e. The van der Waals surface area contributed by atoms with Crippen LogP contribution < -0.4 is 4.74 Å². The number of ether oxygens (including phenoxy) is 2. The second kappa shape index (κ2) is 8.62. The van der Waals surface area contributed by atoms with Crippen LogP contribution in [0.5, 0.6) is 5.75 Å². The van der Waals surface area contributed by atoms with Gasteiger partial charge in [0, 0.05) is 30.8 Å². The van der Waals surface area contributed by atoms with Crippen LogP contribution in [0.25, 0.3) is 10.9 Å². The fraction of sp³-hybridized carbons (Fsp3) is 0.542. The van der Waals surface area contributed by atoms with E-state index in [1.165, 1.54) is 24.9 Å². The number of nitrogens with zero attached hydrogens (tertiary/aromatic N) is 2. The lowest BCUT2D eigenvalue weighted by Gasteiger charge is -2.51. The number of piperidine rings is 3. The Morgan fingerprint density at radius 1 is 1.36 bits per heavy atom. The molecule has 28 heavy (non-hydrogen) atoms. The fourth-order valence-electron chi connectivity index (χ4n) is 4.98. The Morgan fingerprint density at radius 2 is 2.25 bits per heavy atom. The van der Waals surface area contributed by atoms with E-state index in [4.69, 9.17) is 9.47 Å². The summed E-state index contributed by atoms with van der Waals surface area (Å²) < 4.78 is 12.1. The molecule has 5 rings (SSSR count). The van der Waals surface area contributed by atoms with Gasteiger partial charge < -0.3 is 9.47 Å². The molecule has 150 valence electrons.